The van der Waals surface area contributed by atoms with Crippen molar-refractivity contribution in [3.63, 3.8) is 0 Å². The van der Waals surface area contributed by atoms with Gasteiger partial charge in [-0.3, -0.25) is 4.79 Å². The Bertz CT molecular complexity index is 905. The van der Waals surface area contributed by atoms with E-state index in [0.29, 0.717) is 32.7 Å². The van der Waals surface area contributed by atoms with Crippen LogP contribution in [-0.2, 0) is 36.0 Å². The number of nitrogens with one attached hydrogen (secondary N) is 2. The van der Waals surface area contributed by atoms with Gasteiger partial charge in [0.1, 0.15) is 0 Å². The lowest BCUT2D eigenvalue weighted by atomic mass is 10.1. The monoisotopic (exact) mass is 445 g/mol. The molecule has 162 valence electrons. The molecule has 0 bridgehead atoms. The van der Waals surface area contributed by atoms with Gasteiger partial charge in [-0.15, -0.1) is 0 Å². The Morgan fingerprint density at radius 3 is 2.34 bits per heavy atom. The van der Waals surface area contributed by atoms with E-state index in [1.807, 2.05) is 0 Å². The van der Waals surface area contributed by atoms with Crippen LogP contribution in [0.4, 0.5) is 0 Å². The zero-order valence-corrected chi connectivity index (χ0v) is 17.8. The van der Waals surface area contributed by atoms with E-state index in [4.69, 9.17) is 4.74 Å². The number of nitrogens with zero attached hydrogens (tertiary/aromatic N) is 1. The van der Waals surface area contributed by atoms with Crippen LogP contribution < -0.4 is 10.0 Å². The van der Waals surface area contributed by atoms with Crippen LogP contribution in [0.1, 0.15) is 24.8 Å². The van der Waals surface area contributed by atoms with Crippen molar-refractivity contribution in [3.8, 4) is 0 Å². The summed E-state index contributed by atoms with van der Waals surface area (Å²) in [5.41, 5.74) is 0.839. The van der Waals surface area contributed by atoms with Gasteiger partial charge >= 0.3 is 0 Å². The standard InChI is InChI=1S/C18H27N3O6S2/c22-18(19-9-14-28(23,24)21-10-12-27-13-11-21)8-3-15-1-6-17(7-2-15)29(25,26)20-16-4-5-16/h1-2,6-7,16,20H,3-5,8-14H2,(H,19,22). The van der Waals surface area contributed by atoms with E-state index in [2.05, 4.69) is 10.0 Å². The second kappa shape index (κ2) is 9.52. The third-order valence-corrected chi connectivity index (χ3v) is 8.23. The summed E-state index contributed by atoms with van der Waals surface area (Å²) in [7, 11) is -6.87. The number of benzene rings is 1. The van der Waals surface area contributed by atoms with Gasteiger partial charge in [0.15, 0.2) is 0 Å². The molecule has 9 nitrogen and oxygen atoms in total. The number of ether oxygens (including phenoxy) is 1. The average molecular weight is 446 g/mol. The molecule has 1 amide bonds. The highest BCUT2D eigenvalue weighted by Crippen LogP contribution is 2.22. The van der Waals surface area contributed by atoms with Crippen molar-refractivity contribution in [2.24, 2.45) is 0 Å². The van der Waals surface area contributed by atoms with Gasteiger partial charge < -0.3 is 10.1 Å². The number of hydrogen-bond donors (Lipinski definition) is 2. The Morgan fingerprint density at radius 2 is 1.72 bits per heavy atom. The summed E-state index contributed by atoms with van der Waals surface area (Å²) in [6, 6.07) is 6.50. The second-order valence-electron chi connectivity index (χ2n) is 7.22. The highest BCUT2D eigenvalue weighted by molar-refractivity contribution is 7.89. The van der Waals surface area contributed by atoms with Crippen molar-refractivity contribution in [1.29, 1.82) is 0 Å². The molecule has 1 aromatic carbocycles. The lowest BCUT2D eigenvalue weighted by molar-refractivity contribution is -0.120. The van der Waals surface area contributed by atoms with Crippen LogP contribution in [0.25, 0.3) is 0 Å². The van der Waals surface area contributed by atoms with Gasteiger partial charge in [0.2, 0.25) is 26.0 Å². The van der Waals surface area contributed by atoms with Crippen LogP contribution in [0.5, 0.6) is 0 Å². The average Bonchev–Trinajstić information content (AvgIpc) is 3.50. The molecular weight excluding hydrogens is 418 g/mol. The Morgan fingerprint density at radius 1 is 1.07 bits per heavy atom. The fourth-order valence-corrected chi connectivity index (χ4v) is 5.57. The Labute approximate surface area is 171 Å². The normalized spacial score (nSPS) is 18.5. The zero-order valence-electron chi connectivity index (χ0n) is 16.2. The maximum absolute atomic E-state index is 12.2. The molecule has 0 atom stereocenters. The third-order valence-electron chi connectivity index (χ3n) is 4.82. The summed E-state index contributed by atoms with van der Waals surface area (Å²) in [4.78, 5) is 12.2. The maximum Gasteiger partial charge on any atom is 0.240 e. The number of amides is 1. The minimum atomic E-state index is -3.48. The topological polar surface area (TPSA) is 122 Å². The number of carbonyl (C=O) groups excluding carboxylic acids is 1. The van der Waals surface area contributed by atoms with Crippen molar-refractivity contribution >= 4 is 26.0 Å². The molecule has 2 aliphatic rings. The molecule has 1 heterocycles. The molecule has 1 aromatic rings. The molecule has 3 rings (SSSR count). The van der Waals surface area contributed by atoms with Crippen LogP contribution in [-0.4, -0.2) is 71.7 Å². The summed E-state index contributed by atoms with van der Waals surface area (Å²) in [5, 5.41) is 2.63. The Hall–Kier alpha value is -1.53. The van der Waals surface area contributed by atoms with Gasteiger partial charge in [-0.1, -0.05) is 12.1 Å². The Balaban J connectivity index is 1.40. The van der Waals surface area contributed by atoms with Gasteiger partial charge in [0.25, 0.3) is 0 Å². The number of aryl methyl sites for hydroxylation is 1. The van der Waals surface area contributed by atoms with Crippen molar-refractivity contribution in [1.82, 2.24) is 14.3 Å². The van der Waals surface area contributed by atoms with Gasteiger partial charge in [-0.2, -0.15) is 4.31 Å². The second-order valence-corrected chi connectivity index (χ2v) is 11.0. The number of rotatable bonds is 10. The molecule has 2 N–H and O–H groups in total. The highest BCUT2D eigenvalue weighted by atomic mass is 32.2. The van der Waals surface area contributed by atoms with Crippen molar-refractivity contribution in [2.75, 3.05) is 38.6 Å². The van der Waals surface area contributed by atoms with Gasteiger partial charge in [-0.05, 0) is 37.0 Å². The van der Waals surface area contributed by atoms with E-state index in [9.17, 15) is 21.6 Å². The van der Waals surface area contributed by atoms with Gasteiger partial charge in [0, 0.05) is 32.1 Å². The molecule has 29 heavy (non-hydrogen) atoms. The summed E-state index contributed by atoms with van der Waals surface area (Å²) in [5.74, 6) is -0.381. The molecule has 0 unspecified atom stereocenters. The van der Waals surface area contributed by atoms with Crippen LogP contribution in [0.3, 0.4) is 0 Å². The zero-order chi connectivity index (χ0) is 20.9. The predicted octanol–water partition coefficient (Wildman–Crippen LogP) is -0.162. The number of hydrogen-bond acceptors (Lipinski definition) is 6. The van der Waals surface area contributed by atoms with Crippen LogP contribution in [0.2, 0.25) is 0 Å². The van der Waals surface area contributed by atoms with Crippen LogP contribution in [0.15, 0.2) is 29.2 Å². The number of morpholine rings is 1. The molecule has 2 fully saturated rings. The van der Waals surface area contributed by atoms with E-state index in [1.54, 1.807) is 12.1 Å². The molecule has 1 aliphatic carbocycles. The molecule has 1 aliphatic heterocycles. The molecule has 0 spiro atoms. The first-order valence-electron chi connectivity index (χ1n) is 9.70. The third kappa shape index (κ3) is 6.75. The summed E-state index contributed by atoms with van der Waals surface area (Å²) in [6.07, 6.45) is 2.39. The molecule has 1 saturated heterocycles. The first kappa shape index (κ1) is 22.2. The largest absolute Gasteiger partial charge is 0.379 e. The predicted molar refractivity (Wildman–Crippen MR) is 107 cm³/mol. The highest BCUT2D eigenvalue weighted by Gasteiger charge is 2.28. The van der Waals surface area contributed by atoms with Crippen molar-refractivity contribution < 1.29 is 26.4 Å². The fraction of sp³-hybridized carbons (Fsp3) is 0.611. The summed E-state index contributed by atoms with van der Waals surface area (Å²) >= 11 is 0. The first-order chi connectivity index (χ1) is 13.8. The van der Waals surface area contributed by atoms with E-state index in [0.717, 1.165) is 18.4 Å². The molecular formula is C18H27N3O6S2. The molecule has 0 radical (unpaired) electrons. The summed E-state index contributed by atoms with van der Waals surface area (Å²) in [6.45, 7) is 1.53. The van der Waals surface area contributed by atoms with Gasteiger partial charge in [0.05, 0.1) is 23.9 Å². The Kier molecular flexibility index (Phi) is 7.28. The molecule has 0 aromatic heterocycles. The van der Waals surface area contributed by atoms with Crippen LogP contribution >= 0.6 is 0 Å². The van der Waals surface area contributed by atoms with E-state index in [-0.39, 0.29) is 35.6 Å². The molecule has 11 heteroatoms. The lowest BCUT2D eigenvalue weighted by Gasteiger charge is -2.26. The van der Waals surface area contributed by atoms with E-state index in [1.165, 1.54) is 16.4 Å². The lowest BCUT2D eigenvalue weighted by Crippen LogP contribution is -2.43. The summed E-state index contributed by atoms with van der Waals surface area (Å²) < 4.78 is 57.8. The maximum atomic E-state index is 12.2. The minimum Gasteiger partial charge on any atom is -0.379 e. The quantitative estimate of drug-likeness (QED) is 0.516. The van der Waals surface area contributed by atoms with E-state index < -0.39 is 20.0 Å². The fourth-order valence-electron chi connectivity index (χ4n) is 2.94. The minimum absolute atomic E-state index is 0.0513. The number of carbonyl (C=O) groups is 1. The SMILES string of the molecule is O=C(CCc1ccc(S(=O)(=O)NC2CC2)cc1)NCCS(=O)(=O)N1CCOCC1. The van der Waals surface area contributed by atoms with E-state index >= 15 is 0 Å². The first-order valence-corrected chi connectivity index (χ1v) is 12.8. The van der Waals surface area contributed by atoms with Crippen molar-refractivity contribution in [3.05, 3.63) is 29.8 Å². The molecule has 1 saturated carbocycles. The number of sulfonamides is 2. The van der Waals surface area contributed by atoms with Gasteiger partial charge in [-0.25, -0.2) is 21.6 Å². The van der Waals surface area contributed by atoms with Crippen LogP contribution in [0, 0.1) is 0 Å². The van der Waals surface area contributed by atoms with Crippen molar-refractivity contribution in [2.45, 2.75) is 36.6 Å². The smallest absolute Gasteiger partial charge is 0.240 e.